The van der Waals surface area contributed by atoms with E-state index >= 15 is 0 Å². The molecule has 1 aliphatic carbocycles. The second kappa shape index (κ2) is 8.96. The highest BCUT2D eigenvalue weighted by Gasteiger charge is 2.25. The van der Waals surface area contributed by atoms with E-state index in [9.17, 15) is 4.79 Å². The lowest BCUT2D eigenvalue weighted by molar-refractivity contribution is 0.0997. The molecule has 0 radical (unpaired) electrons. The third kappa shape index (κ3) is 4.56. The van der Waals surface area contributed by atoms with E-state index in [1.165, 1.54) is 11.9 Å². The predicted octanol–water partition coefficient (Wildman–Crippen LogP) is 1.59. The monoisotopic (exact) mass is 423 g/mol. The zero-order valence-corrected chi connectivity index (χ0v) is 17.2. The minimum Gasteiger partial charge on any atom is -0.480 e. The van der Waals surface area contributed by atoms with Crippen LogP contribution in [0, 0.1) is 0 Å². The van der Waals surface area contributed by atoms with Crippen LogP contribution in [0.3, 0.4) is 0 Å². The van der Waals surface area contributed by atoms with Crippen LogP contribution in [0.1, 0.15) is 36.0 Å². The highest BCUT2D eigenvalue weighted by Crippen LogP contribution is 2.29. The zero-order chi connectivity index (χ0) is 21.8. The Balaban J connectivity index is 1.68. The van der Waals surface area contributed by atoms with Crippen LogP contribution in [0.2, 0.25) is 0 Å². The highest BCUT2D eigenvalue weighted by molar-refractivity contribution is 6.00. The van der Waals surface area contributed by atoms with Crippen LogP contribution in [0.5, 0.6) is 5.88 Å². The van der Waals surface area contributed by atoms with E-state index < -0.39 is 5.91 Å². The first-order valence-corrected chi connectivity index (χ1v) is 10.1. The van der Waals surface area contributed by atoms with Crippen molar-refractivity contribution < 1.29 is 9.53 Å². The zero-order valence-electron chi connectivity index (χ0n) is 17.2. The molecule has 2 unspecified atom stereocenters. The molecule has 6 N–H and O–H groups in total. The van der Waals surface area contributed by atoms with Crippen molar-refractivity contribution in [3.05, 3.63) is 42.2 Å². The summed E-state index contributed by atoms with van der Waals surface area (Å²) in [4.78, 5) is 22.5. The van der Waals surface area contributed by atoms with Crippen LogP contribution in [-0.2, 0) is 0 Å². The minimum atomic E-state index is -0.704. The maximum absolute atomic E-state index is 12.2. The first-order chi connectivity index (χ1) is 15.0. The molecule has 0 spiro atoms. The SMILES string of the molecule is COc1nc(NC2CCCCC2N)nc(Nc2cccc(-n3nccn3)c2)c1C(N)=O. The van der Waals surface area contributed by atoms with Gasteiger partial charge in [-0.2, -0.15) is 25.0 Å². The van der Waals surface area contributed by atoms with Gasteiger partial charge in [0.25, 0.3) is 5.91 Å². The summed E-state index contributed by atoms with van der Waals surface area (Å²) in [5, 5.41) is 14.7. The summed E-state index contributed by atoms with van der Waals surface area (Å²) in [6.07, 6.45) is 7.24. The molecular weight excluding hydrogens is 398 g/mol. The Hall–Kier alpha value is -3.73. The van der Waals surface area contributed by atoms with Gasteiger partial charge in [0.2, 0.25) is 11.8 Å². The quantitative estimate of drug-likeness (QED) is 0.442. The van der Waals surface area contributed by atoms with E-state index in [0.717, 1.165) is 31.4 Å². The first kappa shape index (κ1) is 20.5. The van der Waals surface area contributed by atoms with Gasteiger partial charge in [-0.1, -0.05) is 18.9 Å². The van der Waals surface area contributed by atoms with Crippen LogP contribution in [0.4, 0.5) is 17.5 Å². The average molecular weight is 423 g/mol. The second-order valence-electron chi connectivity index (χ2n) is 7.34. The molecule has 2 heterocycles. The number of hydrogen-bond donors (Lipinski definition) is 4. The Bertz CT molecular complexity index is 1050. The lowest BCUT2D eigenvalue weighted by Gasteiger charge is -2.29. The minimum absolute atomic E-state index is 0.00817. The normalized spacial score (nSPS) is 18.4. The number of carbonyl (C=O) groups excluding carboxylic acids is 1. The Morgan fingerprint density at radius 3 is 2.68 bits per heavy atom. The van der Waals surface area contributed by atoms with Gasteiger partial charge in [0.1, 0.15) is 5.56 Å². The number of methoxy groups -OCH3 is 1. The molecular formula is C20H25N9O2. The smallest absolute Gasteiger partial charge is 0.258 e. The summed E-state index contributed by atoms with van der Waals surface area (Å²) < 4.78 is 5.34. The second-order valence-corrected chi connectivity index (χ2v) is 7.34. The van der Waals surface area contributed by atoms with Gasteiger partial charge in [-0.3, -0.25) is 4.79 Å². The molecule has 31 heavy (non-hydrogen) atoms. The molecule has 2 aromatic heterocycles. The number of carbonyl (C=O) groups is 1. The van der Waals surface area contributed by atoms with Gasteiger partial charge in [0.05, 0.1) is 25.2 Å². The van der Waals surface area contributed by atoms with Gasteiger partial charge in [0, 0.05) is 17.8 Å². The third-order valence-corrected chi connectivity index (χ3v) is 5.21. The number of anilines is 3. The topological polar surface area (TPSA) is 159 Å². The van der Waals surface area contributed by atoms with Gasteiger partial charge in [-0.25, -0.2) is 0 Å². The Morgan fingerprint density at radius 1 is 1.19 bits per heavy atom. The molecule has 1 aliphatic rings. The number of amides is 1. The number of hydrogen-bond acceptors (Lipinski definition) is 9. The van der Waals surface area contributed by atoms with Crippen molar-refractivity contribution in [3.8, 4) is 11.6 Å². The van der Waals surface area contributed by atoms with Crippen molar-refractivity contribution >= 4 is 23.4 Å². The van der Waals surface area contributed by atoms with E-state index in [1.807, 2.05) is 24.3 Å². The highest BCUT2D eigenvalue weighted by atomic mass is 16.5. The van der Waals surface area contributed by atoms with Gasteiger partial charge in [-0.05, 0) is 31.0 Å². The first-order valence-electron chi connectivity index (χ1n) is 10.1. The van der Waals surface area contributed by atoms with Crippen molar-refractivity contribution in [1.29, 1.82) is 0 Å². The van der Waals surface area contributed by atoms with Gasteiger partial charge < -0.3 is 26.8 Å². The van der Waals surface area contributed by atoms with Crippen molar-refractivity contribution in [3.63, 3.8) is 0 Å². The summed E-state index contributed by atoms with van der Waals surface area (Å²) in [5.74, 6) is -0.0691. The van der Waals surface area contributed by atoms with Gasteiger partial charge >= 0.3 is 0 Å². The molecule has 0 saturated heterocycles. The fraction of sp³-hybridized carbons (Fsp3) is 0.350. The Morgan fingerprint density at radius 2 is 1.97 bits per heavy atom. The van der Waals surface area contributed by atoms with E-state index in [4.69, 9.17) is 16.2 Å². The summed E-state index contributed by atoms with van der Waals surface area (Å²) in [5.41, 5.74) is 13.3. The molecule has 2 atom stereocenters. The molecule has 0 bridgehead atoms. The number of benzene rings is 1. The molecule has 4 rings (SSSR count). The molecule has 3 aromatic rings. The van der Waals surface area contributed by atoms with E-state index in [0.29, 0.717) is 11.6 Å². The number of ether oxygens (including phenoxy) is 1. The molecule has 11 heteroatoms. The summed E-state index contributed by atoms with van der Waals surface area (Å²) in [7, 11) is 1.43. The average Bonchev–Trinajstić information content (AvgIpc) is 3.30. The maximum Gasteiger partial charge on any atom is 0.258 e. The van der Waals surface area contributed by atoms with Crippen molar-refractivity contribution in [1.82, 2.24) is 25.0 Å². The number of primary amides is 1. The molecule has 1 fully saturated rings. The summed E-state index contributed by atoms with van der Waals surface area (Å²) in [6, 6.07) is 7.40. The fourth-order valence-corrected chi connectivity index (χ4v) is 3.66. The Kier molecular flexibility index (Phi) is 5.94. The third-order valence-electron chi connectivity index (χ3n) is 5.21. The summed E-state index contributed by atoms with van der Waals surface area (Å²) in [6.45, 7) is 0. The molecule has 1 aromatic carbocycles. The van der Waals surface area contributed by atoms with E-state index in [1.54, 1.807) is 12.4 Å². The predicted molar refractivity (Wildman–Crippen MR) is 116 cm³/mol. The van der Waals surface area contributed by atoms with Crippen LogP contribution in [-0.4, -0.2) is 50.1 Å². The maximum atomic E-state index is 12.2. The van der Waals surface area contributed by atoms with Crippen molar-refractivity contribution in [2.45, 2.75) is 37.8 Å². The molecule has 1 saturated carbocycles. The van der Waals surface area contributed by atoms with Crippen LogP contribution < -0.4 is 26.8 Å². The molecule has 162 valence electrons. The number of aromatic nitrogens is 5. The van der Waals surface area contributed by atoms with Crippen LogP contribution in [0.25, 0.3) is 5.69 Å². The molecule has 1 amide bonds. The van der Waals surface area contributed by atoms with Crippen molar-refractivity contribution in [2.24, 2.45) is 11.5 Å². The Labute approximate surface area is 179 Å². The van der Waals surface area contributed by atoms with Crippen molar-refractivity contribution in [2.75, 3.05) is 17.7 Å². The lowest BCUT2D eigenvalue weighted by atomic mass is 9.91. The van der Waals surface area contributed by atoms with E-state index in [-0.39, 0.29) is 29.3 Å². The number of nitrogens with zero attached hydrogens (tertiary/aromatic N) is 5. The number of nitrogens with two attached hydrogens (primary N) is 2. The number of rotatable bonds is 7. The van der Waals surface area contributed by atoms with E-state index in [2.05, 4.69) is 30.8 Å². The molecule has 11 nitrogen and oxygen atoms in total. The summed E-state index contributed by atoms with van der Waals surface area (Å²) >= 11 is 0. The van der Waals surface area contributed by atoms with Gasteiger partial charge in [-0.15, -0.1) is 0 Å². The fourth-order valence-electron chi connectivity index (χ4n) is 3.66. The van der Waals surface area contributed by atoms with Crippen LogP contribution >= 0.6 is 0 Å². The van der Waals surface area contributed by atoms with Crippen LogP contribution in [0.15, 0.2) is 36.7 Å². The van der Waals surface area contributed by atoms with Gasteiger partial charge in [0.15, 0.2) is 5.82 Å². The standard InChI is InChI=1S/C20H25N9O2/c1-31-19-16(17(22)30)18(27-20(28-19)26-15-8-3-2-7-14(15)21)25-12-5-4-6-13(11-12)29-23-9-10-24-29/h4-6,9-11,14-15H,2-3,7-8,21H2,1H3,(H2,22,30)(H2,25,26,27,28). The number of nitrogens with one attached hydrogen (secondary N) is 2. The molecule has 0 aliphatic heterocycles. The largest absolute Gasteiger partial charge is 0.480 e. The lowest BCUT2D eigenvalue weighted by Crippen LogP contribution is -2.43.